The number of hydrogen-bond acceptors (Lipinski definition) is 5. The van der Waals surface area contributed by atoms with Crippen molar-refractivity contribution in [2.45, 2.75) is 25.9 Å². The van der Waals surface area contributed by atoms with Crippen LogP contribution in [-0.4, -0.2) is 33.8 Å². The number of nitrogens with one attached hydrogen (secondary N) is 1. The third-order valence-corrected chi connectivity index (χ3v) is 2.66. The molecule has 8 heteroatoms. The summed E-state index contributed by atoms with van der Waals surface area (Å²) < 4.78 is 13.4. The fraction of sp³-hybridized carbons (Fsp3) is 0.417. The molecular formula is C12H15FN2O5. The lowest BCUT2D eigenvalue weighted by Crippen LogP contribution is -2.20. The third-order valence-electron chi connectivity index (χ3n) is 2.66. The topological polar surface area (TPSA) is 113 Å². The average molecular weight is 286 g/mol. The molecule has 0 aromatic heterocycles. The number of benzene rings is 1. The average Bonchev–Trinajstić information content (AvgIpc) is 2.36. The van der Waals surface area contributed by atoms with Gasteiger partial charge in [0.05, 0.1) is 22.7 Å². The highest BCUT2D eigenvalue weighted by molar-refractivity contribution is 5.90. The Balaban J connectivity index is 3.05. The van der Waals surface area contributed by atoms with Crippen molar-refractivity contribution in [1.82, 2.24) is 0 Å². The Morgan fingerprint density at radius 3 is 2.70 bits per heavy atom. The number of aliphatic hydroxyl groups is 1. The van der Waals surface area contributed by atoms with Gasteiger partial charge in [-0.05, 0) is 12.5 Å². The van der Waals surface area contributed by atoms with Gasteiger partial charge >= 0.3 is 5.97 Å². The second-order valence-electron chi connectivity index (χ2n) is 4.23. The highest BCUT2D eigenvalue weighted by Crippen LogP contribution is 2.28. The zero-order valence-electron chi connectivity index (χ0n) is 10.8. The molecule has 110 valence electrons. The molecular weight excluding hydrogens is 271 g/mol. The van der Waals surface area contributed by atoms with Gasteiger partial charge in [-0.15, -0.1) is 0 Å². The number of nitro groups is 1. The van der Waals surface area contributed by atoms with Gasteiger partial charge in [0.2, 0.25) is 0 Å². The fourth-order valence-electron chi connectivity index (χ4n) is 1.68. The number of carboxylic acid groups (broad SMARTS) is 1. The van der Waals surface area contributed by atoms with Crippen LogP contribution in [-0.2, 0) is 0 Å². The van der Waals surface area contributed by atoms with E-state index < -0.39 is 34.1 Å². The van der Waals surface area contributed by atoms with Gasteiger partial charge in [0.1, 0.15) is 11.5 Å². The van der Waals surface area contributed by atoms with Crippen LogP contribution in [0.3, 0.4) is 0 Å². The van der Waals surface area contributed by atoms with E-state index in [1.165, 1.54) is 0 Å². The first-order valence-corrected chi connectivity index (χ1v) is 6.00. The van der Waals surface area contributed by atoms with Crippen LogP contribution in [0.25, 0.3) is 0 Å². The van der Waals surface area contributed by atoms with Gasteiger partial charge in [0, 0.05) is 6.54 Å². The Labute approximate surface area is 114 Å². The minimum Gasteiger partial charge on any atom is -0.478 e. The van der Waals surface area contributed by atoms with E-state index in [-0.39, 0.29) is 12.2 Å². The van der Waals surface area contributed by atoms with Gasteiger partial charge in [-0.3, -0.25) is 10.1 Å². The second kappa shape index (κ2) is 6.80. The monoisotopic (exact) mass is 286 g/mol. The predicted octanol–water partition coefficient (Wildman–Crippen LogP) is 2.00. The Kier molecular flexibility index (Phi) is 5.39. The molecule has 0 bridgehead atoms. The first-order chi connectivity index (χ1) is 9.36. The number of hydrogen-bond donors (Lipinski definition) is 3. The van der Waals surface area contributed by atoms with Crippen molar-refractivity contribution in [2.24, 2.45) is 0 Å². The summed E-state index contributed by atoms with van der Waals surface area (Å²) in [5.74, 6) is -2.70. The van der Waals surface area contributed by atoms with Crippen molar-refractivity contribution in [1.29, 1.82) is 0 Å². The van der Waals surface area contributed by atoms with Gasteiger partial charge in [-0.25, -0.2) is 9.18 Å². The Hall–Kier alpha value is -2.22. The fourth-order valence-corrected chi connectivity index (χ4v) is 1.68. The van der Waals surface area contributed by atoms with E-state index in [4.69, 9.17) is 5.11 Å². The van der Waals surface area contributed by atoms with Gasteiger partial charge in [-0.2, -0.15) is 0 Å². The Morgan fingerprint density at radius 2 is 2.20 bits per heavy atom. The van der Waals surface area contributed by atoms with Crippen LogP contribution in [0.2, 0.25) is 0 Å². The molecule has 1 aromatic carbocycles. The van der Waals surface area contributed by atoms with E-state index in [9.17, 15) is 24.4 Å². The molecule has 20 heavy (non-hydrogen) atoms. The second-order valence-corrected chi connectivity index (χ2v) is 4.23. The minimum absolute atomic E-state index is 0.0133. The molecule has 0 aliphatic rings. The van der Waals surface area contributed by atoms with Gasteiger partial charge in [0.15, 0.2) is 0 Å². The normalized spacial score (nSPS) is 11.9. The Bertz CT molecular complexity index is 521. The summed E-state index contributed by atoms with van der Waals surface area (Å²) in [6, 6.07) is 1.41. The standard InChI is InChI=1S/C12H15FN2O5/c1-2-3-7(16)6-14-10-4-8(12(17)18)9(13)5-11(10)15(19)20/h4-5,7,14,16H,2-3,6H2,1H3,(H,17,18). The molecule has 7 nitrogen and oxygen atoms in total. The van der Waals surface area contributed by atoms with E-state index >= 15 is 0 Å². The van der Waals surface area contributed by atoms with Crippen LogP contribution >= 0.6 is 0 Å². The van der Waals surface area contributed by atoms with Crippen LogP contribution < -0.4 is 5.32 Å². The van der Waals surface area contributed by atoms with Crippen molar-refractivity contribution < 1.29 is 24.3 Å². The molecule has 1 unspecified atom stereocenters. The molecule has 0 aliphatic carbocycles. The largest absolute Gasteiger partial charge is 0.478 e. The van der Waals surface area contributed by atoms with E-state index in [0.717, 1.165) is 12.5 Å². The minimum atomic E-state index is -1.52. The van der Waals surface area contributed by atoms with Gasteiger partial charge in [-0.1, -0.05) is 13.3 Å². The number of aromatic carboxylic acids is 1. The highest BCUT2D eigenvalue weighted by Gasteiger charge is 2.21. The zero-order chi connectivity index (χ0) is 15.3. The first kappa shape index (κ1) is 15.8. The van der Waals surface area contributed by atoms with Crippen molar-refractivity contribution in [3.8, 4) is 0 Å². The van der Waals surface area contributed by atoms with Crippen molar-refractivity contribution in [3.63, 3.8) is 0 Å². The van der Waals surface area contributed by atoms with Crippen LogP contribution in [0.5, 0.6) is 0 Å². The van der Waals surface area contributed by atoms with Crippen molar-refractivity contribution in [2.75, 3.05) is 11.9 Å². The van der Waals surface area contributed by atoms with Crippen LogP contribution in [0, 0.1) is 15.9 Å². The molecule has 0 aliphatic heterocycles. The number of rotatable bonds is 7. The van der Waals surface area contributed by atoms with E-state index in [1.54, 1.807) is 0 Å². The molecule has 1 rings (SSSR count). The van der Waals surface area contributed by atoms with Crippen LogP contribution in [0.4, 0.5) is 15.8 Å². The zero-order valence-corrected chi connectivity index (χ0v) is 10.8. The summed E-state index contributed by atoms with van der Waals surface area (Å²) in [7, 11) is 0. The SMILES string of the molecule is CCCC(O)CNc1cc(C(=O)O)c(F)cc1[N+](=O)[O-]. The highest BCUT2D eigenvalue weighted by atomic mass is 19.1. The summed E-state index contributed by atoms with van der Waals surface area (Å²) in [4.78, 5) is 20.8. The summed E-state index contributed by atoms with van der Waals surface area (Å²) in [6.45, 7) is 1.88. The molecule has 3 N–H and O–H groups in total. The predicted molar refractivity (Wildman–Crippen MR) is 69.4 cm³/mol. The maximum Gasteiger partial charge on any atom is 0.338 e. The van der Waals surface area contributed by atoms with Gasteiger partial charge < -0.3 is 15.5 Å². The molecule has 0 heterocycles. The number of aliphatic hydroxyl groups excluding tert-OH is 1. The molecule has 0 saturated carbocycles. The quantitative estimate of drug-likeness (QED) is 0.522. The van der Waals surface area contributed by atoms with Gasteiger partial charge in [0.25, 0.3) is 5.69 Å². The smallest absolute Gasteiger partial charge is 0.338 e. The molecule has 0 amide bonds. The lowest BCUT2D eigenvalue weighted by atomic mass is 10.1. The van der Waals surface area contributed by atoms with E-state index in [0.29, 0.717) is 12.5 Å². The number of nitro benzene ring substituents is 1. The van der Waals surface area contributed by atoms with Crippen LogP contribution in [0.1, 0.15) is 30.1 Å². The molecule has 1 atom stereocenters. The summed E-state index contributed by atoms with van der Waals surface area (Å²) >= 11 is 0. The molecule has 0 radical (unpaired) electrons. The maximum atomic E-state index is 13.4. The molecule has 0 saturated heterocycles. The number of anilines is 1. The first-order valence-electron chi connectivity index (χ1n) is 6.00. The van der Waals surface area contributed by atoms with Crippen LogP contribution in [0.15, 0.2) is 12.1 Å². The van der Waals surface area contributed by atoms with Crippen molar-refractivity contribution in [3.05, 3.63) is 33.6 Å². The molecule has 0 spiro atoms. The number of carbonyl (C=O) groups is 1. The Morgan fingerprint density at radius 1 is 1.55 bits per heavy atom. The lowest BCUT2D eigenvalue weighted by molar-refractivity contribution is -0.384. The summed E-state index contributed by atoms with van der Waals surface area (Å²) in [6.07, 6.45) is 0.501. The molecule has 0 fully saturated rings. The summed E-state index contributed by atoms with van der Waals surface area (Å²) in [5, 5.41) is 31.7. The molecule has 1 aromatic rings. The third kappa shape index (κ3) is 3.89. The number of carboxylic acids is 1. The number of nitrogens with zero attached hydrogens (tertiary/aromatic N) is 1. The van der Waals surface area contributed by atoms with Crippen molar-refractivity contribution >= 4 is 17.3 Å². The maximum absolute atomic E-state index is 13.4. The number of halogens is 1. The lowest BCUT2D eigenvalue weighted by Gasteiger charge is -2.12. The van der Waals surface area contributed by atoms with E-state index in [1.807, 2.05) is 6.92 Å². The van der Waals surface area contributed by atoms with E-state index in [2.05, 4.69) is 5.32 Å². The summed E-state index contributed by atoms with van der Waals surface area (Å²) in [5.41, 5.74) is -1.37.